The lowest BCUT2D eigenvalue weighted by atomic mass is 9.91. The summed E-state index contributed by atoms with van der Waals surface area (Å²) in [6.45, 7) is 5.51. The number of benzene rings is 3. The highest BCUT2D eigenvalue weighted by Gasteiger charge is 2.38. The number of nitriles is 1. The summed E-state index contributed by atoms with van der Waals surface area (Å²) in [5.41, 5.74) is 3.62. The van der Waals surface area contributed by atoms with Crippen molar-refractivity contribution in [1.29, 1.82) is 5.26 Å². The predicted molar refractivity (Wildman–Crippen MR) is 147 cm³/mol. The van der Waals surface area contributed by atoms with Crippen LogP contribution in [0.5, 0.6) is 17.2 Å². The molecule has 39 heavy (non-hydrogen) atoms. The largest absolute Gasteiger partial charge is 0.496 e. The number of amides is 1. The van der Waals surface area contributed by atoms with Crippen LogP contribution in [0.3, 0.4) is 0 Å². The molecule has 1 heterocycles. The first kappa shape index (κ1) is 27.7. The summed E-state index contributed by atoms with van der Waals surface area (Å²) in [4.78, 5) is 14.8. The van der Waals surface area contributed by atoms with E-state index in [-0.39, 0.29) is 25.5 Å². The Bertz CT molecular complexity index is 1430. The Kier molecular flexibility index (Phi) is 7.98. The molecule has 9 heteroatoms. The summed E-state index contributed by atoms with van der Waals surface area (Å²) in [7, 11) is 3.27. The van der Waals surface area contributed by atoms with E-state index in [4.69, 9.17) is 19.5 Å². The van der Waals surface area contributed by atoms with E-state index in [0.717, 1.165) is 22.4 Å². The van der Waals surface area contributed by atoms with Crippen molar-refractivity contribution in [2.45, 2.75) is 45.4 Å². The van der Waals surface area contributed by atoms with Gasteiger partial charge in [-0.25, -0.2) is 4.39 Å². The maximum Gasteiger partial charge on any atom is 0.251 e. The number of likely N-dealkylation sites (N-methyl/N-ethyl adjacent to an activating group) is 1. The van der Waals surface area contributed by atoms with Crippen LogP contribution >= 0.6 is 0 Å². The van der Waals surface area contributed by atoms with Crippen LogP contribution in [0.4, 0.5) is 15.8 Å². The Labute approximate surface area is 227 Å². The van der Waals surface area contributed by atoms with Crippen LogP contribution in [0.1, 0.15) is 31.4 Å². The Balaban J connectivity index is 1.79. The van der Waals surface area contributed by atoms with Crippen molar-refractivity contribution in [3.63, 3.8) is 0 Å². The number of hydrogen-bond donors (Lipinski definition) is 2. The van der Waals surface area contributed by atoms with E-state index in [1.807, 2.05) is 45.0 Å². The van der Waals surface area contributed by atoms with Gasteiger partial charge in [-0.1, -0.05) is 12.1 Å². The number of rotatable bonds is 9. The second kappa shape index (κ2) is 11.2. The first-order valence-corrected chi connectivity index (χ1v) is 12.5. The minimum absolute atomic E-state index is 0.0322. The third kappa shape index (κ3) is 5.76. The molecular weight excluding hydrogens is 501 g/mol. The van der Waals surface area contributed by atoms with Crippen molar-refractivity contribution in [2.24, 2.45) is 0 Å². The Morgan fingerprint density at radius 1 is 1.10 bits per heavy atom. The summed E-state index contributed by atoms with van der Waals surface area (Å²) in [5, 5.41) is 21.9. The summed E-state index contributed by atoms with van der Waals surface area (Å²) in [5.74, 6) is 0.863. The topological polar surface area (TPSA) is 104 Å². The first-order valence-electron chi connectivity index (χ1n) is 12.5. The second-order valence-corrected chi connectivity index (χ2v) is 9.99. The van der Waals surface area contributed by atoms with Crippen molar-refractivity contribution in [3.8, 4) is 34.4 Å². The number of aliphatic hydroxyl groups is 1. The summed E-state index contributed by atoms with van der Waals surface area (Å²) >= 11 is 0. The number of fused-ring (bicyclic) bond motifs is 1. The number of anilines is 2. The van der Waals surface area contributed by atoms with Gasteiger partial charge in [0.2, 0.25) is 0 Å². The molecule has 3 aromatic carbocycles. The van der Waals surface area contributed by atoms with E-state index < -0.39 is 17.5 Å². The van der Waals surface area contributed by atoms with Gasteiger partial charge in [0.25, 0.3) is 5.91 Å². The number of carbonyl (C=O) groups is 1. The Morgan fingerprint density at radius 3 is 2.56 bits per heavy atom. The molecule has 0 saturated heterocycles. The molecule has 8 nitrogen and oxygen atoms in total. The fourth-order valence-electron chi connectivity index (χ4n) is 4.65. The van der Waals surface area contributed by atoms with Crippen LogP contribution in [-0.2, 0) is 11.4 Å². The highest BCUT2D eigenvalue weighted by molar-refractivity contribution is 6.08. The molecule has 3 aromatic rings. The lowest BCUT2D eigenvalue weighted by Crippen LogP contribution is -2.52. The van der Waals surface area contributed by atoms with E-state index >= 15 is 0 Å². The fourth-order valence-corrected chi connectivity index (χ4v) is 4.65. The maximum absolute atomic E-state index is 14.0. The monoisotopic (exact) mass is 533 g/mol. The minimum Gasteiger partial charge on any atom is -0.496 e. The number of hydrogen-bond acceptors (Lipinski definition) is 7. The molecule has 1 unspecified atom stereocenters. The van der Waals surface area contributed by atoms with Crippen molar-refractivity contribution in [2.75, 3.05) is 31.0 Å². The molecule has 4 rings (SSSR count). The number of nitrogens with zero attached hydrogens (tertiary/aromatic N) is 2. The van der Waals surface area contributed by atoms with E-state index in [0.29, 0.717) is 28.5 Å². The number of nitrogens with one attached hydrogen (secondary N) is 1. The molecule has 0 radical (unpaired) electrons. The molecule has 0 aromatic heterocycles. The van der Waals surface area contributed by atoms with Crippen molar-refractivity contribution < 1.29 is 28.5 Å². The molecule has 0 fully saturated rings. The van der Waals surface area contributed by atoms with Gasteiger partial charge in [0, 0.05) is 30.3 Å². The van der Waals surface area contributed by atoms with Gasteiger partial charge in [-0.05, 0) is 56.2 Å². The molecule has 0 saturated carbocycles. The Hall–Kier alpha value is -4.29. The number of halogens is 1. The van der Waals surface area contributed by atoms with E-state index in [2.05, 4.69) is 5.32 Å². The van der Waals surface area contributed by atoms with Crippen LogP contribution in [0.2, 0.25) is 0 Å². The van der Waals surface area contributed by atoms with Crippen molar-refractivity contribution in [3.05, 3.63) is 65.5 Å². The van der Waals surface area contributed by atoms with Crippen LogP contribution in [-0.4, -0.2) is 43.4 Å². The average Bonchev–Trinajstić information content (AvgIpc) is 2.90. The van der Waals surface area contributed by atoms with Crippen molar-refractivity contribution >= 4 is 17.3 Å². The van der Waals surface area contributed by atoms with Crippen LogP contribution in [0.15, 0.2) is 48.5 Å². The highest BCUT2D eigenvalue weighted by atomic mass is 19.1. The van der Waals surface area contributed by atoms with Gasteiger partial charge in [-0.15, -0.1) is 0 Å². The third-order valence-corrected chi connectivity index (χ3v) is 6.66. The Morgan fingerprint density at radius 2 is 1.85 bits per heavy atom. The maximum atomic E-state index is 14.0. The second-order valence-electron chi connectivity index (χ2n) is 9.99. The van der Waals surface area contributed by atoms with Gasteiger partial charge in [0.1, 0.15) is 47.9 Å². The number of aliphatic hydroxyl groups excluding tert-OH is 1. The van der Waals surface area contributed by atoms with Crippen LogP contribution in [0.25, 0.3) is 11.1 Å². The molecule has 0 aliphatic carbocycles. The van der Waals surface area contributed by atoms with Gasteiger partial charge < -0.3 is 29.5 Å². The summed E-state index contributed by atoms with van der Waals surface area (Å²) in [6.07, 6.45) is -0.934. The molecule has 2 N–H and O–H groups in total. The zero-order chi connectivity index (χ0) is 28.3. The molecular formula is C30H32FN3O5. The number of carbonyl (C=O) groups excluding carboxylic acids is 1. The molecule has 1 aliphatic rings. The summed E-state index contributed by atoms with van der Waals surface area (Å²) in [6, 6.07) is 15.4. The number of aryl methyl sites for hydroxylation is 1. The number of methoxy groups -OCH3 is 1. The van der Waals surface area contributed by atoms with Gasteiger partial charge in [0.05, 0.1) is 31.0 Å². The van der Waals surface area contributed by atoms with Crippen LogP contribution < -0.4 is 24.4 Å². The van der Waals surface area contributed by atoms with Crippen molar-refractivity contribution in [1.82, 2.24) is 0 Å². The zero-order valence-electron chi connectivity index (χ0n) is 22.7. The smallest absolute Gasteiger partial charge is 0.251 e. The molecule has 1 aliphatic heterocycles. The normalized spacial score (nSPS) is 14.6. The quantitative estimate of drug-likeness (QED) is 0.389. The zero-order valence-corrected chi connectivity index (χ0v) is 22.7. The van der Waals surface area contributed by atoms with Crippen LogP contribution in [0, 0.1) is 24.1 Å². The van der Waals surface area contributed by atoms with E-state index in [1.54, 1.807) is 30.1 Å². The minimum atomic E-state index is -0.902. The fraction of sp³-hybridized carbons (Fsp3) is 0.333. The highest BCUT2D eigenvalue weighted by Crippen LogP contribution is 2.45. The molecule has 0 bridgehead atoms. The van der Waals surface area contributed by atoms with Gasteiger partial charge in [-0.3, -0.25) is 4.79 Å². The number of ether oxygens (including phenoxy) is 3. The third-order valence-electron chi connectivity index (χ3n) is 6.66. The summed E-state index contributed by atoms with van der Waals surface area (Å²) < 4.78 is 31.5. The SMILES string of the molecule is COc1cc(OCC(O)CC#N)ccc1-c1ccc2c(c1COc1cc(F)ccc1C)N(C)C(=O)C(C)(C)N2. The molecule has 1 amide bonds. The van der Waals surface area contributed by atoms with Gasteiger partial charge in [-0.2, -0.15) is 5.26 Å². The predicted octanol–water partition coefficient (Wildman–Crippen LogP) is 5.21. The van der Waals surface area contributed by atoms with Gasteiger partial charge in [0.15, 0.2) is 0 Å². The lowest BCUT2D eigenvalue weighted by Gasteiger charge is -2.39. The molecule has 0 spiro atoms. The van der Waals surface area contributed by atoms with E-state index in [9.17, 15) is 14.3 Å². The standard InChI is InChI=1S/C30H32FN3O5/c1-18-6-7-19(31)14-26(18)39-17-24-22(10-11-25-28(24)34(4)29(36)30(2,3)33-25)23-9-8-21(15-27(23)37-5)38-16-20(35)12-13-32/h6-11,14-15,20,33,35H,12,16-17H2,1-5H3. The lowest BCUT2D eigenvalue weighted by molar-refractivity contribution is -0.121. The molecule has 1 atom stereocenters. The molecule has 204 valence electrons. The first-order chi connectivity index (χ1) is 18.6. The van der Waals surface area contributed by atoms with Gasteiger partial charge >= 0.3 is 0 Å². The average molecular weight is 534 g/mol. The van der Waals surface area contributed by atoms with E-state index in [1.165, 1.54) is 19.2 Å².